The highest BCUT2D eigenvalue weighted by Gasteiger charge is 2.30. The second-order valence-electron chi connectivity index (χ2n) is 4.75. The van der Waals surface area contributed by atoms with Crippen LogP contribution in [0.4, 0.5) is 0 Å². The minimum absolute atomic E-state index is 0.648. The van der Waals surface area contributed by atoms with Crippen LogP contribution in [0.2, 0.25) is 10.0 Å². The standard InChI is InChI=1S/C14H19Cl2N/c1-2-17-13(10-6-7-10)9-8-11-4-3-5-12(15)14(11)16/h3-5,10,13,17H,2,6-9H2,1H3. The third kappa shape index (κ3) is 3.61. The van der Waals surface area contributed by atoms with Crippen LogP contribution in [-0.2, 0) is 6.42 Å². The van der Waals surface area contributed by atoms with Gasteiger partial charge in [0, 0.05) is 6.04 Å². The zero-order valence-corrected chi connectivity index (χ0v) is 11.7. The van der Waals surface area contributed by atoms with Crippen molar-refractivity contribution in [3.63, 3.8) is 0 Å². The molecule has 1 aliphatic carbocycles. The molecule has 0 aromatic heterocycles. The van der Waals surface area contributed by atoms with E-state index >= 15 is 0 Å². The lowest BCUT2D eigenvalue weighted by atomic mass is 10.0. The van der Waals surface area contributed by atoms with E-state index in [9.17, 15) is 0 Å². The Kier molecular flexibility index (Phi) is 4.72. The first-order chi connectivity index (χ1) is 8.22. The van der Waals surface area contributed by atoms with Gasteiger partial charge in [-0.3, -0.25) is 0 Å². The predicted molar refractivity (Wildman–Crippen MR) is 75.0 cm³/mol. The van der Waals surface area contributed by atoms with Gasteiger partial charge in [-0.25, -0.2) is 0 Å². The van der Waals surface area contributed by atoms with E-state index in [-0.39, 0.29) is 0 Å². The molecule has 1 saturated carbocycles. The lowest BCUT2D eigenvalue weighted by molar-refractivity contribution is 0.446. The quantitative estimate of drug-likeness (QED) is 0.813. The summed E-state index contributed by atoms with van der Waals surface area (Å²) in [7, 11) is 0. The van der Waals surface area contributed by atoms with Crippen molar-refractivity contribution in [2.45, 2.75) is 38.6 Å². The molecule has 1 aliphatic rings. The molecule has 2 rings (SSSR count). The molecule has 1 unspecified atom stereocenters. The average Bonchev–Trinajstić information content (AvgIpc) is 3.13. The normalized spacial score (nSPS) is 17.1. The molecule has 1 nitrogen and oxygen atoms in total. The van der Waals surface area contributed by atoms with E-state index < -0.39 is 0 Å². The maximum absolute atomic E-state index is 6.20. The second kappa shape index (κ2) is 6.08. The minimum Gasteiger partial charge on any atom is -0.314 e. The van der Waals surface area contributed by atoms with Crippen LogP contribution < -0.4 is 5.32 Å². The molecule has 0 bridgehead atoms. The molecule has 17 heavy (non-hydrogen) atoms. The number of hydrogen-bond acceptors (Lipinski definition) is 1. The van der Waals surface area contributed by atoms with Gasteiger partial charge in [-0.05, 0) is 49.8 Å². The molecule has 0 radical (unpaired) electrons. The van der Waals surface area contributed by atoms with E-state index in [1.54, 1.807) is 0 Å². The minimum atomic E-state index is 0.648. The van der Waals surface area contributed by atoms with Crippen LogP contribution in [0.25, 0.3) is 0 Å². The van der Waals surface area contributed by atoms with Crippen LogP contribution in [0.5, 0.6) is 0 Å². The third-order valence-electron chi connectivity index (χ3n) is 3.41. The molecule has 0 amide bonds. The molecule has 1 atom stereocenters. The van der Waals surface area contributed by atoms with Crippen molar-refractivity contribution in [2.75, 3.05) is 6.54 Å². The highest BCUT2D eigenvalue weighted by Crippen LogP contribution is 2.35. The molecular formula is C14H19Cl2N. The van der Waals surface area contributed by atoms with E-state index in [1.807, 2.05) is 12.1 Å². The third-order valence-corrected chi connectivity index (χ3v) is 4.27. The van der Waals surface area contributed by atoms with Crippen LogP contribution in [-0.4, -0.2) is 12.6 Å². The maximum Gasteiger partial charge on any atom is 0.0624 e. The van der Waals surface area contributed by atoms with Gasteiger partial charge < -0.3 is 5.32 Å². The number of halogens is 2. The zero-order valence-electron chi connectivity index (χ0n) is 10.2. The van der Waals surface area contributed by atoms with Crippen molar-refractivity contribution in [1.29, 1.82) is 0 Å². The van der Waals surface area contributed by atoms with Gasteiger partial charge in [-0.1, -0.05) is 42.3 Å². The van der Waals surface area contributed by atoms with E-state index in [1.165, 1.54) is 18.4 Å². The summed E-state index contributed by atoms with van der Waals surface area (Å²) in [5.74, 6) is 0.882. The summed E-state index contributed by atoms with van der Waals surface area (Å²) >= 11 is 12.2. The molecule has 1 fully saturated rings. The van der Waals surface area contributed by atoms with Crippen molar-refractivity contribution in [1.82, 2.24) is 5.32 Å². The van der Waals surface area contributed by atoms with Gasteiger partial charge in [0.05, 0.1) is 10.0 Å². The van der Waals surface area contributed by atoms with Crippen LogP contribution in [0.15, 0.2) is 18.2 Å². The molecule has 1 N–H and O–H groups in total. The van der Waals surface area contributed by atoms with Gasteiger partial charge in [-0.15, -0.1) is 0 Å². The first-order valence-corrected chi connectivity index (χ1v) is 7.14. The van der Waals surface area contributed by atoms with E-state index in [2.05, 4.69) is 18.3 Å². The second-order valence-corrected chi connectivity index (χ2v) is 5.54. The van der Waals surface area contributed by atoms with Gasteiger partial charge in [0.1, 0.15) is 0 Å². The lowest BCUT2D eigenvalue weighted by Gasteiger charge is -2.17. The van der Waals surface area contributed by atoms with Crippen LogP contribution >= 0.6 is 23.2 Å². The van der Waals surface area contributed by atoms with Crippen molar-refractivity contribution in [3.05, 3.63) is 33.8 Å². The van der Waals surface area contributed by atoms with Crippen LogP contribution in [0.3, 0.4) is 0 Å². The molecule has 0 spiro atoms. The van der Waals surface area contributed by atoms with Gasteiger partial charge in [0.15, 0.2) is 0 Å². The summed E-state index contributed by atoms with van der Waals surface area (Å²) < 4.78 is 0. The SMILES string of the molecule is CCNC(CCc1cccc(Cl)c1Cl)C1CC1. The fourth-order valence-electron chi connectivity index (χ4n) is 2.32. The Labute approximate surface area is 114 Å². The zero-order chi connectivity index (χ0) is 12.3. The number of aryl methyl sites for hydroxylation is 1. The summed E-state index contributed by atoms with van der Waals surface area (Å²) in [6, 6.07) is 6.54. The Morgan fingerprint density at radius 3 is 2.76 bits per heavy atom. The Morgan fingerprint density at radius 2 is 2.12 bits per heavy atom. The van der Waals surface area contributed by atoms with Gasteiger partial charge in [0.2, 0.25) is 0 Å². The predicted octanol–water partition coefficient (Wildman–Crippen LogP) is 4.31. The summed E-state index contributed by atoms with van der Waals surface area (Å²) in [5.41, 5.74) is 1.17. The fourth-order valence-corrected chi connectivity index (χ4v) is 2.73. The maximum atomic E-state index is 6.20. The largest absolute Gasteiger partial charge is 0.314 e. The van der Waals surface area contributed by atoms with Crippen molar-refractivity contribution in [2.24, 2.45) is 5.92 Å². The topological polar surface area (TPSA) is 12.0 Å². The first-order valence-electron chi connectivity index (χ1n) is 6.38. The summed E-state index contributed by atoms with van der Waals surface area (Å²) in [6.45, 7) is 3.21. The number of benzene rings is 1. The first kappa shape index (κ1) is 13.2. The number of nitrogens with one attached hydrogen (secondary N) is 1. The fraction of sp³-hybridized carbons (Fsp3) is 0.571. The Balaban J connectivity index is 1.93. The van der Waals surface area contributed by atoms with E-state index in [0.29, 0.717) is 11.1 Å². The van der Waals surface area contributed by atoms with Crippen LogP contribution in [0, 0.1) is 5.92 Å². The summed E-state index contributed by atoms with van der Waals surface area (Å²) in [5, 5.41) is 4.96. The van der Waals surface area contributed by atoms with E-state index in [0.717, 1.165) is 30.3 Å². The molecule has 0 aliphatic heterocycles. The van der Waals surface area contributed by atoms with Crippen molar-refractivity contribution < 1.29 is 0 Å². The summed E-state index contributed by atoms with van der Waals surface area (Å²) in [4.78, 5) is 0. The molecule has 1 aromatic carbocycles. The van der Waals surface area contributed by atoms with E-state index in [4.69, 9.17) is 23.2 Å². The average molecular weight is 272 g/mol. The monoisotopic (exact) mass is 271 g/mol. The van der Waals surface area contributed by atoms with Crippen molar-refractivity contribution in [3.8, 4) is 0 Å². The molecule has 0 heterocycles. The van der Waals surface area contributed by atoms with Gasteiger partial charge in [-0.2, -0.15) is 0 Å². The highest BCUT2D eigenvalue weighted by molar-refractivity contribution is 6.42. The number of hydrogen-bond donors (Lipinski definition) is 1. The number of rotatable bonds is 6. The molecule has 94 valence electrons. The molecule has 0 saturated heterocycles. The highest BCUT2D eigenvalue weighted by atomic mass is 35.5. The smallest absolute Gasteiger partial charge is 0.0624 e. The lowest BCUT2D eigenvalue weighted by Crippen LogP contribution is -2.31. The van der Waals surface area contributed by atoms with Crippen molar-refractivity contribution >= 4 is 23.2 Å². The summed E-state index contributed by atoms with van der Waals surface area (Å²) in [6.07, 6.45) is 4.91. The molecule has 3 heteroatoms. The Hall–Kier alpha value is -0.240. The Morgan fingerprint density at radius 1 is 1.35 bits per heavy atom. The van der Waals surface area contributed by atoms with Gasteiger partial charge in [0.25, 0.3) is 0 Å². The molecular weight excluding hydrogens is 253 g/mol. The molecule has 1 aromatic rings. The van der Waals surface area contributed by atoms with Crippen LogP contribution in [0.1, 0.15) is 31.7 Å². The van der Waals surface area contributed by atoms with Gasteiger partial charge >= 0.3 is 0 Å². The Bertz CT molecular complexity index is 374.